The van der Waals surface area contributed by atoms with E-state index in [4.69, 9.17) is 9.47 Å². The van der Waals surface area contributed by atoms with E-state index >= 15 is 0 Å². The number of carbonyl (C=O) groups excluding carboxylic acids is 3. The summed E-state index contributed by atoms with van der Waals surface area (Å²) in [6.45, 7) is 16.2. The van der Waals surface area contributed by atoms with Crippen LogP contribution in [-0.4, -0.2) is 29.9 Å². The third-order valence-electron chi connectivity index (χ3n) is 8.89. The maximum atomic E-state index is 13.5. The monoisotopic (exact) mass is 480 g/mol. The fourth-order valence-corrected chi connectivity index (χ4v) is 5.77. The van der Waals surface area contributed by atoms with Crippen molar-refractivity contribution in [3.8, 4) is 0 Å². The third kappa shape index (κ3) is 4.50. The first kappa shape index (κ1) is 26.9. The Morgan fingerprint density at radius 3 is 2.23 bits per heavy atom. The Morgan fingerprint density at radius 2 is 1.66 bits per heavy atom. The summed E-state index contributed by atoms with van der Waals surface area (Å²) < 4.78 is 11.9. The molecule has 0 N–H and O–H groups in total. The number of esters is 2. The van der Waals surface area contributed by atoms with Gasteiger partial charge < -0.3 is 9.47 Å². The standard InChI is InChI=1S/C30H40O5/c1-20(10-9-11-21(2)15-19-31)12-13-23-22(3)24(14-16-27(23,4)5)34-26(33)30-18-17-29(8,25(32)35-30)28(30,6)7/h9-13,15,19,24H,14,16-18H2,1-8H3/b11-9+,13-12+,20-10+,21-15+/t24-,29-,30+/m0/s1. The number of carbonyl (C=O) groups is 3. The van der Waals surface area contributed by atoms with E-state index in [1.54, 1.807) is 0 Å². The molecule has 0 aromatic carbocycles. The molecular formula is C30H40O5. The van der Waals surface area contributed by atoms with Gasteiger partial charge in [-0.2, -0.15) is 0 Å². The summed E-state index contributed by atoms with van der Waals surface area (Å²) >= 11 is 0. The number of ether oxygens (including phenoxy) is 2. The van der Waals surface area contributed by atoms with Crippen molar-refractivity contribution in [3.05, 3.63) is 58.7 Å². The molecule has 1 saturated carbocycles. The Balaban J connectivity index is 1.82. The lowest BCUT2D eigenvalue weighted by Gasteiger charge is -2.39. The number of aldehydes is 1. The first-order valence-electron chi connectivity index (χ1n) is 12.5. The van der Waals surface area contributed by atoms with Crippen molar-refractivity contribution >= 4 is 18.2 Å². The van der Waals surface area contributed by atoms with Gasteiger partial charge in [0.25, 0.3) is 0 Å². The molecule has 0 radical (unpaired) electrons. The number of hydrogen-bond donors (Lipinski definition) is 0. The summed E-state index contributed by atoms with van der Waals surface area (Å²) in [6, 6.07) is 0. The molecule has 190 valence electrons. The summed E-state index contributed by atoms with van der Waals surface area (Å²) in [6.07, 6.45) is 14.7. The van der Waals surface area contributed by atoms with Gasteiger partial charge in [-0.1, -0.05) is 63.6 Å². The van der Waals surface area contributed by atoms with Crippen LogP contribution in [0.1, 0.15) is 81.1 Å². The molecule has 35 heavy (non-hydrogen) atoms. The van der Waals surface area contributed by atoms with Crippen molar-refractivity contribution in [3.63, 3.8) is 0 Å². The summed E-state index contributed by atoms with van der Waals surface area (Å²) in [5.41, 5.74) is 1.64. The van der Waals surface area contributed by atoms with Gasteiger partial charge in [0.2, 0.25) is 5.60 Å². The molecule has 3 aliphatic rings. The fourth-order valence-electron chi connectivity index (χ4n) is 5.77. The minimum Gasteiger partial charge on any atom is -0.455 e. The Hall–Kier alpha value is -2.69. The van der Waals surface area contributed by atoms with Gasteiger partial charge in [-0.25, -0.2) is 4.79 Å². The predicted octanol–water partition coefficient (Wildman–Crippen LogP) is 6.36. The van der Waals surface area contributed by atoms with Gasteiger partial charge in [-0.15, -0.1) is 0 Å². The van der Waals surface area contributed by atoms with Gasteiger partial charge in [-0.3, -0.25) is 9.59 Å². The summed E-state index contributed by atoms with van der Waals surface area (Å²) in [5.74, 6) is -0.705. The highest BCUT2D eigenvalue weighted by Gasteiger charge is 2.76. The molecule has 1 aliphatic heterocycles. The molecule has 0 spiro atoms. The molecule has 0 amide bonds. The van der Waals surface area contributed by atoms with Crippen molar-refractivity contribution in [2.75, 3.05) is 0 Å². The zero-order chi connectivity index (χ0) is 26.2. The lowest BCUT2D eigenvalue weighted by molar-refractivity contribution is -0.186. The summed E-state index contributed by atoms with van der Waals surface area (Å²) in [7, 11) is 0. The van der Waals surface area contributed by atoms with Crippen molar-refractivity contribution in [1.29, 1.82) is 0 Å². The first-order valence-corrected chi connectivity index (χ1v) is 12.5. The van der Waals surface area contributed by atoms with E-state index in [9.17, 15) is 14.4 Å². The molecule has 5 nitrogen and oxygen atoms in total. The van der Waals surface area contributed by atoms with Crippen LogP contribution in [0.2, 0.25) is 0 Å². The highest BCUT2D eigenvalue weighted by atomic mass is 16.6. The van der Waals surface area contributed by atoms with E-state index in [1.165, 1.54) is 6.08 Å². The molecule has 3 atom stereocenters. The highest BCUT2D eigenvalue weighted by molar-refractivity contribution is 5.93. The van der Waals surface area contributed by atoms with Crippen LogP contribution in [0.4, 0.5) is 0 Å². The van der Waals surface area contributed by atoms with Gasteiger partial charge in [0.15, 0.2) is 0 Å². The number of rotatable bonds is 7. The normalized spacial score (nSPS) is 32.5. The Morgan fingerprint density at radius 1 is 1.00 bits per heavy atom. The Bertz CT molecular complexity index is 1060. The molecule has 0 aromatic rings. The van der Waals surface area contributed by atoms with Gasteiger partial charge >= 0.3 is 11.9 Å². The lowest BCUT2D eigenvalue weighted by atomic mass is 9.66. The molecule has 1 saturated heterocycles. The fraction of sp³-hybridized carbons (Fsp3) is 0.567. The lowest BCUT2D eigenvalue weighted by Crippen LogP contribution is -2.50. The second-order valence-electron chi connectivity index (χ2n) is 11.7. The van der Waals surface area contributed by atoms with Crippen molar-refractivity contribution < 1.29 is 23.9 Å². The van der Waals surface area contributed by atoms with Crippen molar-refractivity contribution in [1.82, 2.24) is 0 Å². The molecule has 2 bridgehead atoms. The number of fused-ring (bicyclic) bond motifs is 2. The van der Waals surface area contributed by atoms with E-state index in [0.29, 0.717) is 12.8 Å². The van der Waals surface area contributed by atoms with Crippen LogP contribution in [0.5, 0.6) is 0 Å². The van der Waals surface area contributed by atoms with Gasteiger partial charge in [0.05, 0.1) is 5.41 Å². The minimum absolute atomic E-state index is 0.0494. The topological polar surface area (TPSA) is 69.7 Å². The van der Waals surface area contributed by atoms with E-state index in [-0.39, 0.29) is 17.5 Å². The quantitative estimate of drug-likeness (QED) is 0.183. The van der Waals surface area contributed by atoms with E-state index < -0.39 is 22.4 Å². The van der Waals surface area contributed by atoms with Crippen LogP contribution in [0.3, 0.4) is 0 Å². The Kier molecular flexibility index (Phi) is 7.23. The summed E-state index contributed by atoms with van der Waals surface area (Å²) in [4.78, 5) is 36.7. The molecule has 2 fully saturated rings. The van der Waals surface area contributed by atoms with Gasteiger partial charge in [0, 0.05) is 5.41 Å². The second kappa shape index (κ2) is 9.40. The van der Waals surface area contributed by atoms with E-state index in [2.05, 4.69) is 26.0 Å². The average molecular weight is 481 g/mol. The van der Waals surface area contributed by atoms with Crippen LogP contribution in [0.25, 0.3) is 0 Å². The molecular weight excluding hydrogens is 440 g/mol. The minimum atomic E-state index is -1.20. The maximum Gasteiger partial charge on any atom is 0.351 e. The molecule has 2 aliphatic carbocycles. The zero-order valence-electron chi connectivity index (χ0n) is 22.5. The first-order chi connectivity index (χ1) is 16.2. The highest BCUT2D eigenvalue weighted by Crippen LogP contribution is 2.66. The van der Waals surface area contributed by atoms with Crippen LogP contribution in [-0.2, 0) is 23.9 Å². The third-order valence-corrected chi connectivity index (χ3v) is 8.89. The van der Waals surface area contributed by atoms with Crippen molar-refractivity contribution in [2.24, 2.45) is 16.2 Å². The smallest absolute Gasteiger partial charge is 0.351 e. The van der Waals surface area contributed by atoms with Crippen LogP contribution >= 0.6 is 0 Å². The zero-order valence-corrected chi connectivity index (χ0v) is 22.5. The van der Waals surface area contributed by atoms with Crippen LogP contribution in [0.15, 0.2) is 58.7 Å². The summed E-state index contributed by atoms with van der Waals surface area (Å²) in [5, 5.41) is 0. The maximum absolute atomic E-state index is 13.5. The van der Waals surface area contributed by atoms with Gasteiger partial charge in [0.1, 0.15) is 12.4 Å². The predicted molar refractivity (Wildman–Crippen MR) is 137 cm³/mol. The molecule has 0 unspecified atom stereocenters. The molecule has 5 heteroatoms. The molecule has 1 heterocycles. The van der Waals surface area contributed by atoms with E-state index in [0.717, 1.165) is 41.4 Å². The molecule has 0 aromatic heterocycles. The average Bonchev–Trinajstić information content (AvgIpc) is 3.06. The van der Waals surface area contributed by atoms with Crippen molar-refractivity contribution in [2.45, 2.75) is 92.8 Å². The largest absolute Gasteiger partial charge is 0.455 e. The SMILES string of the molecule is CC1=C(/C=C/C(C)=C/C=C/C(C)=C/C=O)C(C)(C)CC[C@@H]1OC(=O)[C@@]12CC[C@@](C)(C(=O)O1)C2(C)C. The van der Waals surface area contributed by atoms with Crippen LogP contribution in [0, 0.1) is 16.2 Å². The Labute approximate surface area is 210 Å². The number of hydrogen-bond acceptors (Lipinski definition) is 5. The molecule has 3 rings (SSSR count). The van der Waals surface area contributed by atoms with Gasteiger partial charge in [-0.05, 0) is 81.6 Å². The second-order valence-corrected chi connectivity index (χ2v) is 11.7. The van der Waals surface area contributed by atoms with Crippen LogP contribution < -0.4 is 0 Å². The van der Waals surface area contributed by atoms with E-state index in [1.807, 2.05) is 59.8 Å². The number of allylic oxidation sites excluding steroid dienone is 9.